The van der Waals surface area contributed by atoms with Gasteiger partial charge in [-0.1, -0.05) is 28.9 Å². The van der Waals surface area contributed by atoms with Crippen LogP contribution in [0.3, 0.4) is 0 Å². The molecule has 1 aromatic rings. The Bertz CT molecular complexity index is 429. The topological polar surface area (TPSA) is 21.3 Å². The fourth-order valence-corrected chi connectivity index (χ4v) is 3.38. The average Bonchev–Trinajstić information content (AvgIpc) is 2.49. The van der Waals surface area contributed by atoms with Crippen LogP contribution in [0.25, 0.3) is 0 Å². The van der Waals surface area contributed by atoms with Crippen LogP contribution in [-0.2, 0) is 0 Å². The Morgan fingerprint density at radius 1 is 1.33 bits per heavy atom. The van der Waals surface area contributed by atoms with E-state index in [9.17, 15) is 0 Å². The predicted molar refractivity (Wildman–Crippen MR) is 76.9 cm³/mol. The molecule has 0 radical (unpaired) electrons. The predicted octanol–water partition coefficient (Wildman–Crippen LogP) is 4.05. The van der Waals surface area contributed by atoms with Gasteiger partial charge in [-0.25, -0.2) is 0 Å². The quantitative estimate of drug-likeness (QED) is 0.890. The highest BCUT2D eigenvalue weighted by Gasteiger charge is 2.29. The van der Waals surface area contributed by atoms with Crippen molar-refractivity contribution in [2.45, 2.75) is 44.7 Å². The van der Waals surface area contributed by atoms with Crippen molar-refractivity contribution in [1.29, 1.82) is 0 Å². The molecular weight excluding hydrogens is 290 g/mol. The maximum absolute atomic E-state index is 5.84. The van der Waals surface area contributed by atoms with Crippen molar-refractivity contribution in [1.82, 2.24) is 5.32 Å². The van der Waals surface area contributed by atoms with Crippen LogP contribution < -0.4 is 10.1 Å². The van der Waals surface area contributed by atoms with Crippen LogP contribution in [0, 0.1) is 5.92 Å². The van der Waals surface area contributed by atoms with Gasteiger partial charge in [0, 0.05) is 22.1 Å². The first-order valence-electron chi connectivity index (χ1n) is 6.90. The van der Waals surface area contributed by atoms with Gasteiger partial charge in [0.15, 0.2) is 0 Å². The Morgan fingerprint density at radius 2 is 2.17 bits per heavy atom. The Labute approximate surface area is 117 Å². The number of hydrogen-bond donors (Lipinski definition) is 1. The minimum absolute atomic E-state index is 0.466. The Kier molecular flexibility index (Phi) is 3.62. The monoisotopic (exact) mass is 309 g/mol. The molecule has 1 aliphatic carbocycles. The van der Waals surface area contributed by atoms with E-state index in [0.717, 1.165) is 29.2 Å². The van der Waals surface area contributed by atoms with Gasteiger partial charge in [-0.15, -0.1) is 0 Å². The molecule has 1 aromatic carbocycles. The van der Waals surface area contributed by atoms with Gasteiger partial charge in [0.2, 0.25) is 0 Å². The molecule has 3 heteroatoms. The second kappa shape index (κ2) is 5.22. The maximum atomic E-state index is 5.84. The summed E-state index contributed by atoms with van der Waals surface area (Å²) in [6.07, 6.45) is 4.96. The van der Waals surface area contributed by atoms with Crippen molar-refractivity contribution >= 4 is 15.9 Å². The van der Waals surface area contributed by atoms with E-state index in [2.05, 4.69) is 46.4 Å². The molecule has 3 rings (SSSR count). The highest BCUT2D eigenvalue weighted by Crippen LogP contribution is 2.36. The third-order valence-corrected chi connectivity index (χ3v) is 4.55. The van der Waals surface area contributed by atoms with Crippen molar-refractivity contribution < 1.29 is 4.74 Å². The lowest BCUT2D eigenvalue weighted by molar-refractivity contribution is 0.218. The van der Waals surface area contributed by atoms with Gasteiger partial charge in [-0.05, 0) is 43.7 Å². The average molecular weight is 310 g/mol. The summed E-state index contributed by atoms with van der Waals surface area (Å²) in [7, 11) is 0. The minimum atomic E-state index is 0.466. The molecule has 2 aliphatic rings. The van der Waals surface area contributed by atoms with E-state index in [1.165, 1.54) is 24.8 Å². The molecule has 1 fully saturated rings. The van der Waals surface area contributed by atoms with Crippen LogP contribution in [0.1, 0.15) is 44.2 Å². The Morgan fingerprint density at radius 3 is 2.94 bits per heavy atom. The van der Waals surface area contributed by atoms with Gasteiger partial charge >= 0.3 is 0 Å². The molecule has 1 N–H and O–H groups in total. The van der Waals surface area contributed by atoms with E-state index in [1.54, 1.807) is 0 Å². The van der Waals surface area contributed by atoms with Crippen LogP contribution in [-0.4, -0.2) is 12.6 Å². The third-order valence-electron chi connectivity index (χ3n) is 4.06. The fraction of sp³-hybridized carbons (Fsp3) is 0.600. The summed E-state index contributed by atoms with van der Waals surface area (Å²) in [5.41, 5.74) is 1.33. The summed E-state index contributed by atoms with van der Waals surface area (Å²) in [6.45, 7) is 3.17. The van der Waals surface area contributed by atoms with Gasteiger partial charge in [-0.3, -0.25) is 0 Å². The molecule has 0 aromatic heterocycles. The molecule has 0 spiro atoms. The van der Waals surface area contributed by atoms with E-state index >= 15 is 0 Å². The number of ether oxygens (including phenoxy) is 1. The number of halogens is 1. The first kappa shape index (κ1) is 12.5. The Balaban J connectivity index is 1.78. The molecule has 1 atom stereocenters. The largest absolute Gasteiger partial charge is 0.493 e. The van der Waals surface area contributed by atoms with Gasteiger partial charge in [0.1, 0.15) is 5.75 Å². The lowest BCUT2D eigenvalue weighted by Gasteiger charge is -2.36. The van der Waals surface area contributed by atoms with Gasteiger partial charge in [0.05, 0.1) is 6.61 Å². The lowest BCUT2D eigenvalue weighted by Crippen LogP contribution is -2.42. The Hall–Kier alpha value is -0.540. The van der Waals surface area contributed by atoms with Crippen molar-refractivity contribution in [3.05, 3.63) is 28.2 Å². The highest BCUT2D eigenvalue weighted by atomic mass is 79.9. The number of nitrogens with one attached hydrogen (secondary N) is 1. The molecule has 1 heterocycles. The summed E-state index contributed by atoms with van der Waals surface area (Å²) in [5, 5.41) is 3.81. The minimum Gasteiger partial charge on any atom is -0.493 e. The fourth-order valence-electron chi connectivity index (χ4n) is 3.04. The van der Waals surface area contributed by atoms with E-state index < -0.39 is 0 Å². The molecule has 18 heavy (non-hydrogen) atoms. The van der Waals surface area contributed by atoms with Crippen LogP contribution in [0.4, 0.5) is 0 Å². The number of rotatable bonds is 2. The first-order chi connectivity index (χ1) is 8.72. The zero-order valence-corrected chi connectivity index (χ0v) is 12.4. The zero-order valence-electron chi connectivity index (χ0n) is 10.8. The van der Waals surface area contributed by atoms with Crippen molar-refractivity contribution in [2.24, 2.45) is 5.92 Å². The van der Waals surface area contributed by atoms with Gasteiger partial charge in [-0.2, -0.15) is 0 Å². The summed E-state index contributed by atoms with van der Waals surface area (Å²) < 4.78 is 6.94. The standard InChI is InChI=1S/C15H20BrNO/c1-10-7-12(8-10)17-14-3-2-6-18-15-9-11(16)4-5-13(14)15/h4-5,9-10,12,14,17H,2-3,6-8H2,1H3. The molecule has 0 bridgehead atoms. The molecule has 0 saturated heterocycles. The number of fused-ring (bicyclic) bond motifs is 1. The smallest absolute Gasteiger partial charge is 0.125 e. The highest BCUT2D eigenvalue weighted by molar-refractivity contribution is 9.10. The number of benzene rings is 1. The van der Waals surface area contributed by atoms with E-state index in [4.69, 9.17) is 4.74 Å². The second-order valence-electron chi connectivity index (χ2n) is 5.67. The second-order valence-corrected chi connectivity index (χ2v) is 6.58. The van der Waals surface area contributed by atoms with Gasteiger partial charge in [0.25, 0.3) is 0 Å². The van der Waals surface area contributed by atoms with E-state index in [1.807, 2.05) is 0 Å². The zero-order chi connectivity index (χ0) is 12.5. The molecular formula is C15H20BrNO. The normalized spacial score (nSPS) is 30.9. The van der Waals surface area contributed by atoms with E-state index in [-0.39, 0.29) is 0 Å². The number of hydrogen-bond acceptors (Lipinski definition) is 2. The molecule has 1 saturated carbocycles. The lowest BCUT2D eigenvalue weighted by atomic mass is 9.81. The van der Waals surface area contributed by atoms with Crippen molar-refractivity contribution in [3.8, 4) is 5.75 Å². The van der Waals surface area contributed by atoms with Gasteiger partial charge < -0.3 is 10.1 Å². The molecule has 0 amide bonds. The van der Waals surface area contributed by atoms with E-state index in [0.29, 0.717) is 12.1 Å². The molecule has 98 valence electrons. The summed E-state index contributed by atoms with van der Waals surface area (Å²) in [6, 6.07) is 7.59. The SMILES string of the molecule is CC1CC(NC2CCCOc3cc(Br)ccc32)C1. The van der Waals surface area contributed by atoms with Crippen LogP contribution in [0.15, 0.2) is 22.7 Å². The van der Waals surface area contributed by atoms with Crippen molar-refractivity contribution in [3.63, 3.8) is 0 Å². The molecule has 1 unspecified atom stereocenters. The van der Waals surface area contributed by atoms with Crippen LogP contribution in [0.2, 0.25) is 0 Å². The molecule has 1 aliphatic heterocycles. The maximum Gasteiger partial charge on any atom is 0.125 e. The third kappa shape index (κ3) is 2.57. The summed E-state index contributed by atoms with van der Waals surface area (Å²) in [5.74, 6) is 1.95. The van der Waals surface area contributed by atoms with Crippen LogP contribution >= 0.6 is 15.9 Å². The summed E-state index contributed by atoms with van der Waals surface area (Å²) in [4.78, 5) is 0. The summed E-state index contributed by atoms with van der Waals surface area (Å²) >= 11 is 3.52. The first-order valence-corrected chi connectivity index (χ1v) is 7.70. The van der Waals surface area contributed by atoms with Crippen LogP contribution in [0.5, 0.6) is 5.75 Å². The van der Waals surface area contributed by atoms with Crippen molar-refractivity contribution in [2.75, 3.05) is 6.61 Å². The molecule has 2 nitrogen and oxygen atoms in total.